The van der Waals surface area contributed by atoms with E-state index in [2.05, 4.69) is 45.4 Å². The lowest BCUT2D eigenvalue weighted by atomic mass is 9.99. The molecule has 2 aromatic rings. The van der Waals surface area contributed by atoms with Gasteiger partial charge in [-0.1, -0.05) is 18.2 Å². The lowest BCUT2D eigenvalue weighted by Crippen LogP contribution is -2.50. The van der Waals surface area contributed by atoms with Gasteiger partial charge in [-0.3, -0.25) is 5.10 Å². The van der Waals surface area contributed by atoms with Crippen LogP contribution in [-0.2, 0) is 0 Å². The van der Waals surface area contributed by atoms with Gasteiger partial charge in [0.05, 0.1) is 0 Å². The summed E-state index contributed by atoms with van der Waals surface area (Å²) in [7, 11) is 0. The van der Waals surface area contributed by atoms with Crippen molar-refractivity contribution in [1.29, 1.82) is 0 Å². The number of anilines is 1. The van der Waals surface area contributed by atoms with Crippen molar-refractivity contribution in [2.75, 3.05) is 17.7 Å². The van der Waals surface area contributed by atoms with Crippen LogP contribution in [0.3, 0.4) is 0 Å². The number of aromatic amines is 1. The number of piperidine rings is 1. The van der Waals surface area contributed by atoms with Gasteiger partial charge in [0.15, 0.2) is 5.82 Å². The Kier molecular flexibility index (Phi) is 4.17. The highest BCUT2D eigenvalue weighted by molar-refractivity contribution is 7.98. The Bertz CT molecular complexity index is 612. The number of hydrogen-bond acceptors (Lipinski definition) is 5. The Morgan fingerprint density at radius 2 is 2.19 bits per heavy atom. The minimum absolute atomic E-state index is 0.194. The van der Waals surface area contributed by atoms with Gasteiger partial charge in [0, 0.05) is 29.1 Å². The summed E-state index contributed by atoms with van der Waals surface area (Å²) >= 11 is 1.71. The van der Waals surface area contributed by atoms with Crippen LogP contribution in [0.25, 0.3) is 11.4 Å². The Morgan fingerprint density at radius 1 is 1.38 bits per heavy atom. The molecule has 5 nitrogen and oxygen atoms in total. The van der Waals surface area contributed by atoms with Crippen LogP contribution in [0.4, 0.5) is 5.95 Å². The van der Waals surface area contributed by atoms with Crippen LogP contribution >= 0.6 is 11.8 Å². The predicted molar refractivity (Wildman–Crippen MR) is 87.6 cm³/mol. The van der Waals surface area contributed by atoms with Crippen molar-refractivity contribution in [3.63, 3.8) is 0 Å². The minimum atomic E-state index is 0.194. The molecule has 1 aromatic carbocycles. The van der Waals surface area contributed by atoms with Crippen molar-refractivity contribution >= 4 is 17.7 Å². The van der Waals surface area contributed by atoms with Crippen molar-refractivity contribution in [3.8, 4) is 11.4 Å². The average molecular weight is 303 g/mol. The van der Waals surface area contributed by atoms with Crippen LogP contribution in [0.1, 0.15) is 19.8 Å². The molecule has 1 aliphatic heterocycles. The van der Waals surface area contributed by atoms with Crippen molar-refractivity contribution in [3.05, 3.63) is 24.3 Å². The molecule has 1 fully saturated rings. The topological polar surface area (TPSA) is 70.8 Å². The molecule has 0 spiro atoms. The van der Waals surface area contributed by atoms with Crippen molar-refractivity contribution in [1.82, 2.24) is 15.2 Å². The number of nitrogens with two attached hydrogens (primary N) is 1. The smallest absolute Gasteiger partial charge is 0.245 e. The van der Waals surface area contributed by atoms with Crippen LogP contribution in [0, 0.1) is 0 Å². The molecule has 1 aromatic heterocycles. The summed E-state index contributed by atoms with van der Waals surface area (Å²) in [5, 5.41) is 7.47. The van der Waals surface area contributed by atoms with Crippen LogP contribution in [-0.4, -0.2) is 40.1 Å². The Hall–Kier alpha value is -1.53. The first-order valence-corrected chi connectivity index (χ1v) is 8.51. The molecule has 0 bridgehead atoms. The number of hydrogen-bond donors (Lipinski definition) is 2. The third kappa shape index (κ3) is 2.78. The number of nitrogens with zero attached hydrogens (tertiary/aromatic N) is 3. The number of rotatable bonds is 3. The van der Waals surface area contributed by atoms with Gasteiger partial charge in [-0.25, -0.2) is 0 Å². The molecule has 0 aliphatic carbocycles. The van der Waals surface area contributed by atoms with Crippen LogP contribution in [0.15, 0.2) is 29.2 Å². The number of benzene rings is 1. The van der Waals surface area contributed by atoms with E-state index in [1.54, 1.807) is 11.8 Å². The first-order valence-electron chi connectivity index (χ1n) is 7.28. The largest absolute Gasteiger partial charge is 0.335 e. The molecule has 112 valence electrons. The van der Waals surface area contributed by atoms with E-state index >= 15 is 0 Å². The molecule has 3 N–H and O–H groups in total. The number of thioether (sulfide) groups is 1. The molecule has 0 saturated carbocycles. The Labute approximate surface area is 129 Å². The Balaban J connectivity index is 1.89. The van der Waals surface area contributed by atoms with Crippen molar-refractivity contribution in [2.24, 2.45) is 5.73 Å². The summed E-state index contributed by atoms with van der Waals surface area (Å²) in [6.45, 7) is 3.12. The monoisotopic (exact) mass is 303 g/mol. The molecular weight excluding hydrogens is 282 g/mol. The van der Waals surface area contributed by atoms with E-state index in [1.165, 1.54) is 4.90 Å². The first kappa shape index (κ1) is 14.4. The molecule has 0 amide bonds. The highest BCUT2D eigenvalue weighted by Gasteiger charge is 2.27. The van der Waals surface area contributed by atoms with Gasteiger partial charge in [-0.2, -0.15) is 4.98 Å². The molecule has 3 rings (SSSR count). The average Bonchev–Trinajstić information content (AvgIpc) is 2.99. The van der Waals surface area contributed by atoms with Gasteiger partial charge in [-0.05, 0) is 32.1 Å². The van der Waals surface area contributed by atoms with Gasteiger partial charge in [-0.15, -0.1) is 16.9 Å². The molecule has 2 heterocycles. The molecule has 2 unspecified atom stereocenters. The Morgan fingerprint density at radius 3 is 3.00 bits per heavy atom. The van der Waals surface area contributed by atoms with Gasteiger partial charge < -0.3 is 10.6 Å². The zero-order valence-electron chi connectivity index (χ0n) is 12.4. The summed E-state index contributed by atoms with van der Waals surface area (Å²) in [5.41, 5.74) is 7.25. The number of H-pyrrole nitrogens is 1. The summed E-state index contributed by atoms with van der Waals surface area (Å²) in [6.07, 6.45) is 4.24. The quantitative estimate of drug-likeness (QED) is 0.853. The molecule has 6 heteroatoms. The van der Waals surface area contributed by atoms with Crippen molar-refractivity contribution < 1.29 is 0 Å². The second-order valence-electron chi connectivity index (χ2n) is 5.42. The maximum absolute atomic E-state index is 6.16. The summed E-state index contributed by atoms with van der Waals surface area (Å²) < 4.78 is 0. The third-order valence-electron chi connectivity index (χ3n) is 4.14. The second-order valence-corrected chi connectivity index (χ2v) is 6.27. The van der Waals surface area contributed by atoms with E-state index in [0.717, 1.165) is 36.7 Å². The standard InChI is InChI=1S/C15H21N5S/c1-10-12(16)7-5-9-20(10)15-17-14(18-19-15)11-6-3-4-8-13(11)21-2/h3-4,6,8,10,12H,5,7,9,16H2,1-2H3,(H,17,18,19). The summed E-state index contributed by atoms with van der Waals surface area (Å²) in [5.74, 6) is 1.57. The van der Waals surface area contributed by atoms with E-state index in [1.807, 2.05) is 12.1 Å². The minimum Gasteiger partial charge on any atom is -0.335 e. The fourth-order valence-corrected chi connectivity index (χ4v) is 3.40. The van der Waals surface area contributed by atoms with E-state index in [0.29, 0.717) is 0 Å². The van der Waals surface area contributed by atoms with Crippen LogP contribution in [0.2, 0.25) is 0 Å². The maximum Gasteiger partial charge on any atom is 0.245 e. The lowest BCUT2D eigenvalue weighted by molar-refractivity contribution is 0.416. The number of aromatic nitrogens is 3. The molecule has 0 radical (unpaired) electrons. The van der Waals surface area contributed by atoms with E-state index in [4.69, 9.17) is 5.73 Å². The fraction of sp³-hybridized carbons (Fsp3) is 0.467. The van der Waals surface area contributed by atoms with Crippen LogP contribution < -0.4 is 10.6 Å². The predicted octanol–water partition coefficient (Wildman–Crippen LogP) is 2.51. The normalized spacial score (nSPS) is 22.5. The van der Waals surface area contributed by atoms with E-state index in [-0.39, 0.29) is 12.1 Å². The van der Waals surface area contributed by atoms with Gasteiger partial charge in [0.2, 0.25) is 5.95 Å². The molecule has 21 heavy (non-hydrogen) atoms. The van der Waals surface area contributed by atoms with E-state index in [9.17, 15) is 0 Å². The molecule has 1 saturated heterocycles. The zero-order valence-corrected chi connectivity index (χ0v) is 13.2. The number of nitrogens with one attached hydrogen (secondary N) is 1. The molecular formula is C15H21N5S. The lowest BCUT2D eigenvalue weighted by Gasteiger charge is -2.36. The van der Waals surface area contributed by atoms with Crippen molar-refractivity contribution in [2.45, 2.75) is 36.7 Å². The van der Waals surface area contributed by atoms with Gasteiger partial charge >= 0.3 is 0 Å². The van der Waals surface area contributed by atoms with Crippen LogP contribution in [0.5, 0.6) is 0 Å². The fourth-order valence-electron chi connectivity index (χ4n) is 2.80. The SMILES string of the molecule is CSc1ccccc1-c1nc(N2CCCC(N)C2C)n[nH]1. The highest BCUT2D eigenvalue weighted by atomic mass is 32.2. The van der Waals surface area contributed by atoms with E-state index < -0.39 is 0 Å². The summed E-state index contributed by atoms with van der Waals surface area (Å²) in [4.78, 5) is 8.09. The second kappa shape index (κ2) is 6.07. The summed E-state index contributed by atoms with van der Waals surface area (Å²) in [6, 6.07) is 8.70. The first-order chi connectivity index (χ1) is 10.2. The van der Waals surface area contributed by atoms with Gasteiger partial charge in [0.25, 0.3) is 0 Å². The molecule has 2 atom stereocenters. The molecule has 1 aliphatic rings. The maximum atomic E-state index is 6.16. The van der Waals surface area contributed by atoms with Gasteiger partial charge in [0.1, 0.15) is 0 Å². The third-order valence-corrected chi connectivity index (χ3v) is 4.94. The zero-order chi connectivity index (χ0) is 14.8. The highest BCUT2D eigenvalue weighted by Crippen LogP contribution is 2.29.